The molecule has 8 heteroatoms. The molecule has 26 heavy (non-hydrogen) atoms. The summed E-state index contributed by atoms with van der Waals surface area (Å²) in [7, 11) is 0. The van der Waals surface area contributed by atoms with Crippen LogP contribution >= 0.6 is 0 Å². The third kappa shape index (κ3) is 7.76. The number of aliphatic imine (C=N–C) groups is 1. The second kappa shape index (κ2) is 9.45. The summed E-state index contributed by atoms with van der Waals surface area (Å²) in [6.07, 6.45) is -4.37. The van der Waals surface area contributed by atoms with Crippen molar-refractivity contribution in [2.45, 2.75) is 40.4 Å². The van der Waals surface area contributed by atoms with Crippen molar-refractivity contribution < 1.29 is 18.0 Å². The lowest BCUT2D eigenvalue weighted by Crippen LogP contribution is -2.43. The molecule has 0 atom stereocenters. The predicted molar refractivity (Wildman–Crippen MR) is 96.7 cm³/mol. The number of alkyl halides is 3. The highest BCUT2D eigenvalue weighted by molar-refractivity contribution is 5.81. The van der Waals surface area contributed by atoms with Gasteiger partial charge in [0, 0.05) is 25.0 Å². The average Bonchev–Trinajstić information content (AvgIpc) is 2.54. The molecule has 0 aliphatic carbocycles. The fourth-order valence-corrected chi connectivity index (χ4v) is 1.98. The fourth-order valence-electron chi connectivity index (χ4n) is 1.98. The maximum absolute atomic E-state index is 12.7. The van der Waals surface area contributed by atoms with Crippen LogP contribution in [0.2, 0.25) is 0 Å². The van der Waals surface area contributed by atoms with Gasteiger partial charge in [0.25, 0.3) is 0 Å². The van der Waals surface area contributed by atoms with Gasteiger partial charge < -0.3 is 16.0 Å². The Morgan fingerprint density at radius 1 is 1.08 bits per heavy atom. The van der Waals surface area contributed by atoms with Crippen molar-refractivity contribution >= 4 is 11.9 Å². The van der Waals surface area contributed by atoms with Crippen molar-refractivity contribution in [2.24, 2.45) is 10.4 Å². The number of amides is 1. The average molecular weight is 372 g/mol. The van der Waals surface area contributed by atoms with Crippen LogP contribution in [0.3, 0.4) is 0 Å². The van der Waals surface area contributed by atoms with Crippen molar-refractivity contribution in [1.82, 2.24) is 16.0 Å². The van der Waals surface area contributed by atoms with E-state index >= 15 is 0 Å². The zero-order chi connectivity index (χ0) is 19.8. The molecule has 1 amide bonds. The SMILES string of the molecule is CCNC(=NCc1cccc(C(F)(F)F)c1)NCCNC(=O)C(C)(C)C. The first-order valence-electron chi connectivity index (χ1n) is 8.50. The van der Waals surface area contributed by atoms with Crippen LogP contribution in [-0.4, -0.2) is 31.5 Å². The molecular weight excluding hydrogens is 345 g/mol. The van der Waals surface area contributed by atoms with Crippen molar-refractivity contribution in [3.8, 4) is 0 Å². The monoisotopic (exact) mass is 372 g/mol. The fraction of sp³-hybridized carbons (Fsp3) is 0.556. The second-order valence-corrected chi connectivity index (χ2v) is 6.83. The normalized spacial score (nSPS) is 12.7. The molecule has 0 saturated heterocycles. The van der Waals surface area contributed by atoms with E-state index in [1.807, 2.05) is 27.7 Å². The summed E-state index contributed by atoms with van der Waals surface area (Å²) in [6, 6.07) is 5.10. The Balaban J connectivity index is 2.60. The van der Waals surface area contributed by atoms with Crippen molar-refractivity contribution in [1.29, 1.82) is 0 Å². The molecule has 0 saturated carbocycles. The number of carbonyl (C=O) groups is 1. The highest BCUT2D eigenvalue weighted by atomic mass is 19.4. The standard InChI is InChI=1S/C18H27F3N4O/c1-5-22-16(24-10-9-23-15(26)17(2,3)4)25-12-13-7-6-8-14(11-13)18(19,20)21/h6-8,11H,5,9-10,12H2,1-4H3,(H,23,26)(H2,22,24,25). The largest absolute Gasteiger partial charge is 0.416 e. The number of rotatable bonds is 6. The van der Waals surface area contributed by atoms with Gasteiger partial charge in [-0.25, -0.2) is 4.99 Å². The topological polar surface area (TPSA) is 65.5 Å². The molecule has 1 aromatic carbocycles. The third-order valence-electron chi connectivity index (χ3n) is 3.40. The van der Waals surface area contributed by atoms with Crippen LogP contribution in [0.15, 0.2) is 29.3 Å². The van der Waals surface area contributed by atoms with Gasteiger partial charge in [-0.15, -0.1) is 0 Å². The van der Waals surface area contributed by atoms with Crippen molar-refractivity contribution in [2.75, 3.05) is 19.6 Å². The molecule has 0 heterocycles. The number of benzene rings is 1. The molecule has 0 spiro atoms. The summed E-state index contributed by atoms with van der Waals surface area (Å²) >= 11 is 0. The quantitative estimate of drug-likeness (QED) is 0.409. The summed E-state index contributed by atoms with van der Waals surface area (Å²) < 4.78 is 38.2. The van der Waals surface area contributed by atoms with Crippen LogP contribution in [0.5, 0.6) is 0 Å². The molecule has 5 nitrogen and oxygen atoms in total. The van der Waals surface area contributed by atoms with Gasteiger partial charge in [0.15, 0.2) is 5.96 Å². The smallest absolute Gasteiger partial charge is 0.357 e. The number of halogens is 3. The van der Waals surface area contributed by atoms with Gasteiger partial charge >= 0.3 is 6.18 Å². The Hall–Kier alpha value is -2.25. The lowest BCUT2D eigenvalue weighted by atomic mass is 9.96. The first-order valence-corrected chi connectivity index (χ1v) is 8.50. The number of nitrogens with zero attached hydrogens (tertiary/aromatic N) is 1. The molecule has 0 bridgehead atoms. The molecule has 1 aromatic rings. The molecule has 0 aliphatic rings. The minimum Gasteiger partial charge on any atom is -0.357 e. The lowest BCUT2D eigenvalue weighted by Gasteiger charge is -2.18. The van der Waals surface area contributed by atoms with E-state index in [4.69, 9.17) is 0 Å². The van der Waals surface area contributed by atoms with Crippen LogP contribution in [0.4, 0.5) is 13.2 Å². The molecule has 3 N–H and O–H groups in total. The number of guanidine groups is 1. The van der Waals surface area contributed by atoms with Gasteiger partial charge in [-0.3, -0.25) is 4.79 Å². The van der Waals surface area contributed by atoms with Gasteiger partial charge in [-0.1, -0.05) is 32.9 Å². The van der Waals surface area contributed by atoms with E-state index in [-0.39, 0.29) is 12.5 Å². The molecule has 146 valence electrons. The van der Waals surface area contributed by atoms with Gasteiger partial charge in [-0.2, -0.15) is 13.2 Å². The zero-order valence-electron chi connectivity index (χ0n) is 15.6. The van der Waals surface area contributed by atoms with E-state index < -0.39 is 17.2 Å². The van der Waals surface area contributed by atoms with Crippen LogP contribution in [0, 0.1) is 5.41 Å². The number of carbonyl (C=O) groups excluding carboxylic acids is 1. The van der Waals surface area contributed by atoms with E-state index in [1.54, 1.807) is 6.07 Å². The van der Waals surface area contributed by atoms with E-state index in [1.165, 1.54) is 6.07 Å². The highest BCUT2D eigenvalue weighted by Gasteiger charge is 2.30. The van der Waals surface area contributed by atoms with E-state index in [0.717, 1.165) is 12.1 Å². The van der Waals surface area contributed by atoms with Gasteiger partial charge in [0.05, 0.1) is 12.1 Å². The maximum Gasteiger partial charge on any atom is 0.416 e. The number of nitrogens with one attached hydrogen (secondary N) is 3. The Bertz CT molecular complexity index is 622. The van der Waals surface area contributed by atoms with Crippen molar-refractivity contribution in [3.63, 3.8) is 0 Å². The van der Waals surface area contributed by atoms with E-state index in [9.17, 15) is 18.0 Å². The van der Waals surface area contributed by atoms with Crippen molar-refractivity contribution in [3.05, 3.63) is 35.4 Å². The Morgan fingerprint density at radius 2 is 1.73 bits per heavy atom. The Labute approximate surface area is 152 Å². The first kappa shape index (κ1) is 21.8. The second-order valence-electron chi connectivity index (χ2n) is 6.83. The van der Waals surface area contributed by atoms with Gasteiger partial charge in [0.2, 0.25) is 5.91 Å². The van der Waals surface area contributed by atoms with Gasteiger partial charge in [-0.05, 0) is 24.6 Å². The molecular formula is C18H27F3N4O. The molecule has 1 rings (SSSR count). The van der Waals surface area contributed by atoms with Crippen LogP contribution in [0.25, 0.3) is 0 Å². The lowest BCUT2D eigenvalue weighted by molar-refractivity contribution is -0.137. The van der Waals surface area contributed by atoms with Crippen LogP contribution in [-0.2, 0) is 17.5 Å². The van der Waals surface area contributed by atoms with E-state index in [0.29, 0.717) is 31.2 Å². The molecule has 0 aromatic heterocycles. The Kier molecular flexibility index (Phi) is 7.92. The number of hydrogen-bond acceptors (Lipinski definition) is 2. The third-order valence-corrected chi connectivity index (χ3v) is 3.40. The van der Waals surface area contributed by atoms with Crippen LogP contribution in [0.1, 0.15) is 38.8 Å². The summed E-state index contributed by atoms with van der Waals surface area (Å²) in [4.78, 5) is 16.1. The zero-order valence-corrected chi connectivity index (χ0v) is 15.6. The van der Waals surface area contributed by atoms with Crippen LogP contribution < -0.4 is 16.0 Å². The summed E-state index contributed by atoms with van der Waals surface area (Å²) in [5, 5.41) is 8.87. The van der Waals surface area contributed by atoms with Gasteiger partial charge in [0.1, 0.15) is 0 Å². The molecule has 0 aliphatic heterocycles. The van der Waals surface area contributed by atoms with E-state index in [2.05, 4.69) is 20.9 Å². The highest BCUT2D eigenvalue weighted by Crippen LogP contribution is 2.29. The predicted octanol–water partition coefficient (Wildman–Crippen LogP) is 2.92. The molecule has 0 radical (unpaired) electrons. The summed E-state index contributed by atoms with van der Waals surface area (Å²) in [6.45, 7) is 8.99. The first-order chi connectivity index (χ1) is 12.0. The summed E-state index contributed by atoms with van der Waals surface area (Å²) in [5.74, 6) is 0.431. The molecule has 0 unspecified atom stereocenters. The number of hydrogen-bond donors (Lipinski definition) is 3. The summed E-state index contributed by atoms with van der Waals surface area (Å²) in [5.41, 5.74) is -0.673. The minimum absolute atomic E-state index is 0.0507. The molecule has 0 fully saturated rings. The maximum atomic E-state index is 12.7. The minimum atomic E-state index is -4.37. The Morgan fingerprint density at radius 3 is 2.31 bits per heavy atom.